The molecule has 1 atom stereocenters. The summed E-state index contributed by atoms with van der Waals surface area (Å²) in [5, 5.41) is 0. The number of oxazole rings is 1. The maximum absolute atomic E-state index is 11.6. The SMILES string of the molecule is NC1CCN(C(=O)Cc2cocn2)C1. The van der Waals surface area contributed by atoms with E-state index in [0.717, 1.165) is 13.0 Å². The average molecular weight is 195 g/mol. The van der Waals surface area contributed by atoms with Crippen molar-refractivity contribution in [2.45, 2.75) is 18.9 Å². The second-order valence-electron chi connectivity index (χ2n) is 3.55. The van der Waals surface area contributed by atoms with Gasteiger partial charge in [-0.1, -0.05) is 0 Å². The van der Waals surface area contributed by atoms with Crippen LogP contribution >= 0.6 is 0 Å². The normalized spacial score (nSPS) is 21.5. The van der Waals surface area contributed by atoms with Crippen LogP contribution in [0.25, 0.3) is 0 Å². The summed E-state index contributed by atoms with van der Waals surface area (Å²) in [6.45, 7) is 1.43. The highest BCUT2D eigenvalue weighted by molar-refractivity contribution is 5.78. The van der Waals surface area contributed by atoms with Gasteiger partial charge in [0.1, 0.15) is 6.26 Å². The van der Waals surface area contributed by atoms with Crippen LogP contribution in [0.4, 0.5) is 0 Å². The number of rotatable bonds is 2. The Labute approximate surface area is 81.9 Å². The highest BCUT2D eigenvalue weighted by Crippen LogP contribution is 2.09. The molecule has 1 fully saturated rings. The number of nitrogens with zero attached hydrogens (tertiary/aromatic N) is 2. The number of amides is 1. The van der Waals surface area contributed by atoms with Crippen LogP contribution in [0.15, 0.2) is 17.1 Å². The Morgan fingerprint density at radius 1 is 1.79 bits per heavy atom. The Hall–Kier alpha value is -1.36. The average Bonchev–Trinajstić information content (AvgIpc) is 2.75. The molecule has 0 radical (unpaired) electrons. The fraction of sp³-hybridized carbons (Fsp3) is 0.556. The van der Waals surface area contributed by atoms with Gasteiger partial charge in [-0.15, -0.1) is 0 Å². The molecule has 0 bridgehead atoms. The Morgan fingerprint density at radius 2 is 2.64 bits per heavy atom. The van der Waals surface area contributed by atoms with Crippen molar-refractivity contribution in [2.24, 2.45) is 5.73 Å². The van der Waals surface area contributed by atoms with Gasteiger partial charge in [0, 0.05) is 19.1 Å². The van der Waals surface area contributed by atoms with Crippen molar-refractivity contribution in [3.63, 3.8) is 0 Å². The van der Waals surface area contributed by atoms with Gasteiger partial charge in [-0.3, -0.25) is 4.79 Å². The van der Waals surface area contributed by atoms with Gasteiger partial charge in [0.25, 0.3) is 0 Å². The van der Waals surface area contributed by atoms with Gasteiger partial charge in [0.15, 0.2) is 6.39 Å². The van der Waals surface area contributed by atoms with E-state index in [-0.39, 0.29) is 11.9 Å². The van der Waals surface area contributed by atoms with Crippen LogP contribution in [0.5, 0.6) is 0 Å². The van der Waals surface area contributed by atoms with Crippen molar-refractivity contribution < 1.29 is 9.21 Å². The number of hydrogen-bond donors (Lipinski definition) is 1. The summed E-state index contributed by atoms with van der Waals surface area (Å²) in [5.74, 6) is 0.0758. The standard InChI is InChI=1S/C9H13N3O2/c10-7-1-2-12(4-7)9(13)3-8-5-14-6-11-8/h5-7H,1-4,10H2. The summed E-state index contributed by atoms with van der Waals surface area (Å²) in [4.78, 5) is 17.3. The molecule has 0 aromatic carbocycles. The van der Waals surface area contributed by atoms with Crippen LogP contribution in [0.1, 0.15) is 12.1 Å². The quantitative estimate of drug-likeness (QED) is 0.708. The van der Waals surface area contributed by atoms with Gasteiger partial charge in [0.2, 0.25) is 5.91 Å². The number of nitrogens with two attached hydrogens (primary N) is 1. The van der Waals surface area contributed by atoms with Crippen molar-refractivity contribution in [3.8, 4) is 0 Å². The van der Waals surface area contributed by atoms with Crippen LogP contribution in [0, 0.1) is 0 Å². The molecule has 1 aromatic rings. The Morgan fingerprint density at radius 3 is 3.21 bits per heavy atom. The smallest absolute Gasteiger partial charge is 0.228 e. The predicted octanol–water partition coefficient (Wildman–Crippen LogP) is -0.223. The van der Waals surface area contributed by atoms with Crippen LogP contribution in [0.3, 0.4) is 0 Å². The molecular formula is C9H13N3O2. The number of likely N-dealkylation sites (tertiary alicyclic amines) is 1. The molecule has 2 rings (SSSR count). The molecular weight excluding hydrogens is 182 g/mol. The molecule has 76 valence electrons. The van der Waals surface area contributed by atoms with Gasteiger partial charge in [-0.05, 0) is 6.42 Å². The van der Waals surface area contributed by atoms with E-state index >= 15 is 0 Å². The Bertz CT molecular complexity index is 310. The predicted molar refractivity (Wildman–Crippen MR) is 49.4 cm³/mol. The first-order chi connectivity index (χ1) is 6.75. The molecule has 1 aliphatic heterocycles. The molecule has 1 unspecified atom stereocenters. The van der Waals surface area contributed by atoms with Crippen molar-refractivity contribution in [1.82, 2.24) is 9.88 Å². The molecule has 5 heteroatoms. The zero-order chi connectivity index (χ0) is 9.97. The Balaban J connectivity index is 1.90. The molecule has 0 spiro atoms. The summed E-state index contributed by atoms with van der Waals surface area (Å²) in [5.41, 5.74) is 6.38. The van der Waals surface area contributed by atoms with E-state index in [9.17, 15) is 4.79 Å². The van der Waals surface area contributed by atoms with E-state index in [1.807, 2.05) is 0 Å². The zero-order valence-electron chi connectivity index (χ0n) is 7.85. The maximum atomic E-state index is 11.6. The van der Waals surface area contributed by atoms with E-state index in [1.54, 1.807) is 4.90 Å². The van der Waals surface area contributed by atoms with Gasteiger partial charge in [-0.2, -0.15) is 0 Å². The highest BCUT2D eigenvalue weighted by Gasteiger charge is 2.23. The maximum Gasteiger partial charge on any atom is 0.228 e. The summed E-state index contributed by atoms with van der Waals surface area (Å²) in [6, 6.07) is 0.135. The van der Waals surface area contributed by atoms with Gasteiger partial charge in [0.05, 0.1) is 12.1 Å². The molecule has 1 aromatic heterocycles. The third-order valence-corrected chi connectivity index (χ3v) is 2.39. The van der Waals surface area contributed by atoms with Gasteiger partial charge >= 0.3 is 0 Å². The molecule has 2 heterocycles. The van der Waals surface area contributed by atoms with Crippen molar-refractivity contribution in [3.05, 3.63) is 18.4 Å². The summed E-state index contributed by atoms with van der Waals surface area (Å²) in [7, 11) is 0. The number of aromatic nitrogens is 1. The Kier molecular flexibility index (Phi) is 2.49. The van der Waals surface area contributed by atoms with E-state index in [2.05, 4.69) is 4.98 Å². The second-order valence-corrected chi connectivity index (χ2v) is 3.55. The van der Waals surface area contributed by atoms with Crippen molar-refractivity contribution in [1.29, 1.82) is 0 Å². The molecule has 1 aliphatic rings. The number of carbonyl (C=O) groups is 1. The van der Waals surface area contributed by atoms with E-state index in [1.165, 1.54) is 12.7 Å². The zero-order valence-corrected chi connectivity index (χ0v) is 7.85. The minimum atomic E-state index is 0.0758. The first-order valence-corrected chi connectivity index (χ1v) is 4.66. The highest BCUT2D eigenvalue weighted by atomic mass is 16.3. The third kappa shape index (κ3) is 1.93. The number of carbonyl (C=O) groups excluding carboxylic acids is 1. The summed E-state index contributed by atoms with van der Waals surface area (Å²) in [6.07, 6.45) is 4.03. The molecule has 1 amide bonds. The molecule has 14 heavy (non-hydrogen) atoms. The van der Waals surface area contributed by atoms with Crippen LogP contribution in [0.2, 0.25) is 0 Å². The minimum absolute atomic E-state index is 0.0758. The van der Waals surface area contributed by atoms with Crippen LogP contribution in [-0.4, -0.2) is 34.9 Å². The first kappa shape index (κ1) is 9.21. The lowest BCUT2D eigenvalue weighted by Crippen LogP contribution is -2.32. The molecule has 0 saturated carbocycles. The monoisotopic (exact) mass is 195 g/mol. The molecule has 2 N–H and O–H groups in total. The lowest BCUT2D eigenvalue weighted by molar-refractivity contribution is -0.129. The molecule has 1 saturated heterocycles. The minimum Gasteiger partial charge on any atom is -0.451 e. The third-order valence-electron chi connectivity index (χ3n) is 2.39. The first-order valence-electron chi connectivity index (χ1n) is 4.66. The second kappa shape index (κ2) is 3.79. The van der Waals surface area contributed by atoms with E-state index in [4.69, 9.17) is 10.2 Å². The fourth-order valence-corrected chi connectivity index (χ4v) is 1.61. The lowest BCUT2D eigenvalue weighted by Gasteiger charge is -2.14. The van der Waals surface area contributed by atoms with Gasteiger partial charge < -0.3 is 15.1 Å². The van der Waals surface area contributed by atoms with E-state index < -0.39 is 0 Å². The number of hydrogen-bond acceptors (Lipinski definition) is 4. The van der Waals surface area contributed by atoms with Crippen molar-refractivity contribution in [2.75, 3.05) is 13.1 Å². The topological polar surface area (TPSA) is 72.4 Å². The van der Waals surface area contributed by atoms with Crippen molar-refractivity contribution >= 4 is 5.91 Å². The van der Waals surface area contributed by atoms with Gasteiger partial charge in [-0.25, -0.2) is 4.98 Å². The van der Waals surface area contributed by atoms with Crippen LogP contribution in [-0.2, 0) is 11.2 Å². The fourth-order valence-electron chi connectivity index (χ4n) is 1.61. The summed E-state index contributed by atoms with van der Waals surface area (Å²) < 4.78 is 4.79. The molecule has 5 nitrogen and oxygen atoms in total. The largest absolute Gasteiger partial charge is 0.451 e. The van der Waals surface area contributed by atoms with E-state index in [0.29, 0.717) is 18.7 Å². The summed E-state index contributed by atoms with van der Waals surface area (Å²) >= 11 is 0. The lowest BCUT2D eigenvalue weighted by atomic mass is 10.3. The molecule has 0 aliphatic carbocycles. The van der Waals surface area contributed by atoms with Crippen LogP contribution < -0.4 is 5.73 Å².